The van der Waals surface area contributed by atoms with Gasteiger partial charge in [0.25, 0.3) is 0 Å². The van der Waals surface area contributed by atoms with Gasteiger partial charge >= 0.3 is 0 Å². The van der Waals surface area contributed by atoms with Crippen LogP contribution in [0.3, 0.4) is 0 Å². The van der Waals surface area contributed by atoms with E-state index in [2.05, 4.69) is 21.1 Å². The lowest BCUT2D eigenvalue weighted by atomic mass is 10.1. The molecule has 0 saturated heterocycles. The monoisotopic (exact) mass is 306 g/mol. The Balaban J connectivity index is 1.82. The molecule has 106 valence electrons. The molecule has 4 nitrogen and oxygen atoms in total. The number of aromatic nitrogens is 4. The lowest BCUT2D eigenvalue weighted by Crippen LogP contribution is -1.93. The standard InChI is InChI=1S/C17H11ClN4/c18-17-5-1-4-15(20-17)12-6-7-16-13(9-12)11-22(21-16)14-3-2-8-19-10-14/h1-11H. The van der Waals surface area contributed by atoms with E-state index in [9.17, 15) is 0 Å². The third-order valence-corrected chi connectivity index (χ3v) is 3.64. The highest BCUT2D eigenvalue weighted by atomic mass is 35.5. The molecular formula is C17H11ClN4. The Hall–Kier alpha value is -2.72. The number of hydrogen-bond acceptors (Lipinski definition) is 3. The highest BCUT2D eigenvalue weighted by Crippen LogP contribution is 2.24. The molecule has 3 aromatic heterocycles. The summed E-state index contributed by atoms with van der Waals surface area (Å²) in [7, 11) is 0. The molecule has 0 spiro atoms. The summed E-state index contributed by atoms with van der Waals surface area (Å²) in [6.45, 7) is 0. The summed E-state index contributed by atoms with van der Waals surface area (Å²) in [5.74, 6) is 0. The fourth-order valence-corrected chi connectivity index (χ4v) is 2.54. The normalized spacial score (nSPS) is 11.0. The van der Waals surface area contributed by atoms with E-state index in [0.29, 0.717) is 5.15 Å². The molecule has 0 radical (unpaired) electrons. The Morgan fingerprint density at radius 2 is 1.95 bits per heavy atom. The number of nitrogens with zero attached hydrogens (tertiary/aromatic N) is 4. The fourth-order valence-electron chi connectivity index (χ4n) is 2.38. The summed E-state index contributed by atoms with van der Waals surface area (Å²) < 4.78 is 1.83. The largest absolute Gasteiger partial charge is 0.262 e. The molecule has 0 bridgehead atoms. The van der Waals surface area contributed by atoms with Crippen molar-refractivity contribution in [2.24, 2.45) is 0 Å². The van der Waals surface area contributed by atoms with E-state index in [1.807, 2.05) is 47.3 Å². The SMILES string of the molecule is Clc1cccc(-c2ccc3nn(-c4cccnc4)cc3c2)n1. The maximum atomic E-state index is 5.96. The maximum absolute atomic E-state index is 5.96. The van der Waals surface area contributed by atoms with Crippen LogP contribution in [-0.2, 0) is 0 Å². The van der Waals surface area contributed by atoms with Crippen molar-refractivity contribution in [2.45, 2.75) is 0 Å². The highest BCUT2D eigenvalue weighted by molar-refractivity contribution is 6.29. The first-order valence-electron chi connectivity index (χ1n) is 6.82. The molecular weight excluding hydrogens is 296 g/mol. The number of rotatable bonds is 2. The molecule has 22 heavy (non-hydrogen) atoms. The first-order valence-corrected chi connectivity index (χ1v) is 7.20. The van der Waals surface area contributed by atoms with Crippen LogP contribution < -0.4 is 0 Å². The number of hydrogen-bond donors (Lipinski definition) is 0. The smallest absolute Gasteiger partial charge is 0.129 e. The van der Waals surface area contributed by atoms with Gasteiger partial charge in [0.15, 0.2) is 0 Å². The fraction of sp³-hybridized carbons (Fsp3) is 0. The minimum Gasteiger partial charge on any atom is -0.262 e. The van der Waals surface area contributed by atoms with Gasteiger partial charge in [0.1, 0.15) is 5.15 Å². The van der Waals surface area contributed by atoms with Crippen molar-refractivity contribution < 1.29 is 0 Å². The van der Waals surface area contributed by atoms with Gasteiger partial charge < -0.3 is 0 Å². The van der Waals surface area contributed by atoms with Crippen LogP contribution in [0.4, 0.5) is 0 Å². The van der Waals surface area contributed by atoms with Crippen molar-refractivity contribution in [2.75, 3.05) is 0 Å². The summed E-state index contributed by atoms with van der Waals surface area (Å²) in [6.07, 6.45) is 5.52. The van der Waals surface area contributed by atoms with E-state index in [1.165, 1.54) is 0 Å². The average molecular weight is 307 g/mol. The molecule has 5 heteroatoms. The van der Waals surface area contributed by atoms with Crippen LogP contribution in [0.1, 0.15) is 0 Å². The van der Waals surface area contributed by atoms with E-state index in [4.69, 9.17) is 11.6 Å². The summed E-state index contributed by atoms with van der Waals surface area (Å²) in [6, 6.07) is 15.5. The zero-order chi connectivity index (χ0) is 14.9. The molecule has 0 N–H and O–H groups in total. The molecule has 0 saturated carbocycles. The predicted octanol–water partition coefficient (Wildman–Crippen LogP) is 4.14. The van der Waals surface area contributed by atoms with Crippen LogP contribution in [0.15, 0.2) is 67.1 Å². The topological polar surface area (TPSA) is 43.6 Å². The van der Waals surface area contributed by atoms with E-state index >= 15 is 0 Å². The number of pyridine rings is 2. The van der Waals surface area contributed by atoms with E-state index < -0.39 is 0 Å². The third-order valence-electron chi connectivity index (χ3n) is 3.43. The van der Waals surface area contributed by atoms with Gasteiger partial charge in [-0.2, -0.15) is 5.10 Å². The first-order chi connectivity index (χ1) is 10.8. The summed E-state index contributed by atoms with van der Waals surface area (Å²) in [4.78, 5) is 8.46. The van der Waals surface area contributed by atoms with Crippen LogP contribution in [0.25, 0.3) is 27.8 Å². The molecule has 3 heterocycles. The molecule has 0 unspecified atom stereocenters. The summed E-state index contributed by atoms with van der Waals surface area (Å²) in [5, 5.41) is 6.10. The van der Waals surface area contributed by atoms with Crippen molar-refractivity contribution in [1.82, 2.24) is 19.7 Å². The van der Waals surface area contributed by atoms with Crippen molar-refractivity contribution in [3.05, 3.63) is 72.3 Å². The van der Waals surface area contributed by atoms with E-state index in [0.717, 1.165) is 27.8 Å². The third kappa shape index (κ3) is 2.34. The Bertz CT molecular complexity index is 947. The zero-order valence-electron chi connectivity index (χ0n) is 11.5. The second-order valence-electron chi connectivity index (χ2n) is 4.90. The quantitative estimate of drug-likeness (QED) is 0.523. The van der Waals surface area contributed by atoms with Crippen LogP contribution in [-0.4, -0.2) is 19.7 Å². The van der Waals surface area contributed by atoms with Gasteiger partial charge in [0, 0.05) is 23.3 Å². The molecule has 0 amide bonds. The molecule has 4 rings (SSSR count). The van der Waals surface area contributed by atoms with E-state index in [-0.39, 0.29) is 0 Å². The summed E-state index contributed by atoms with van der Waals surface area (Å²) in [5.41, 5.74) is 3.72. The lowest BCUT2D eigenvalue weighted by molar-refractivity contribution is 0.889. The van der Waals surface area contributed by atoms with Gasteiger partial charge in [0.2, 0.25) is 0 Å². The van der Waals surface area contributed by atoms with Crippen LogP contribution in [0, 0.1) is 0 Å². The first kappa shape index (κ1) is 13.0. The highest BCUT2D eigenvalue weighted by Gasteiger charge is 2.06. The molecule has 1 aromatic carbocycles. The molecule has 0 fully saturated rings. The second-order valence-corrected chi connectivity index (χ2v) is 5.29. The van der Waals surface area contributed by atoms with E-state index in [1.54, 1.807) is 18.5 Å². The Morgan fingerprint density at radius 3 is 2.77 bits per heavy atom. The number of fused-ring (bicyclic) bond motifs is 1. The van der Waals surface area contributed by atoms with Crippen LogP contribution in [0.2, 0.25) is 5.15 Å². The van der Waals surface area contributed by atoms with Crippen molar-refractivity contribution in [3.63, 3.8) is 0 Å². The molecule has 0 aliphatic rings. The average Bonchev–Trinajstić information content (AvgIpc) is 2.99. The lowest BCUT2D eigenvalue weighted by Gasteiger charge is -2.00. The predicted molar refractivity (Wildman–Crippen MR) is 87.1 cm³/mol. The minimum absolute atomic E-state index is 0.489. The summed E-state index contributed by atoms with van der Waals surface area (Å²) >= 11 is 5.96. The second kappa shape index (κ2) is 5.24. The van der Waals surface area contributed by atoms with Crippen molar-refractivity contribution >= 4 is 22.5 Å². The molecule has 0 aliphatic heterocycles. The maximum Gasteiger partial charge on any atom is 0.129 e. The van der Waals surface area contributed by atoms with Crippen LogP contribution in [0.5, 0.6) is 0 Å². The van der Waals surface area contributed by atoms with Gasteiger partial charge in [-0.15, -0.1) is 0 Å². The number of halogens is 1. The van der Waals surface area contributed by atoms with Crippen molar-refractivity contribution in [1.29, 1.82) is 0 Å². The Labute approximate surface area is 132 Å². The van der Waals surface area contributed by atoms with Gasteiger partial charge in [-0.1, -0.05) is 23.7 Å². The van der Waals surface area contributed by atoms with Gasteiger partial charge in [0.05, 0.1) is 23.1 Å². The molecule has 0 atom stereocenters. The Morgan fingerprint density at radius 1 is 1.00 bits per heavy atom. The van der Waals surface area contributed by atoms with Gasteiger partial charge in [-0.25, -0.2) is 9.67 Å². The molecule has 4 aromatic rings. The number of benzene rings is 1. The van der Waals surface area contributed by atoms with Crippen LogP contribution >= 0.6 is 11.6 Å². The van der Waals surface area contributed by atoms with Crippen molar-refractivity contribution in [3.8, 4) is 16.9 Å². The minimum atomic E-state index is 0.489. The molecule has 0 aliphatic carbocycles. The van der Waals surface area contributed by atoms with Gasteiger partial charge in [-0.05, 0) is 36.4 Å². The Kier molecular flexibility index (Phi) is 3.09. The van der Waals surface area contributed by atoms with Gasteiger partial charge in [-0.3, -0.25) is 4.98 Å². The zero-order valence-corrected chi connectivity index (χ0v) is 12.3.